The minimum atomic E-state index is -4.02. The summed E-state index contributed by atoms with van der Waals surface area (Å²) in [5, 5.41) is 15.0. The maximum atomic E-state index is 15.1. The standard InChI is InChI=1S/C65H84Cl2N10O9S/c1-43-52-41-69-63(71-60(52)76(49-19-14-15-20-49)61(83)58(43)44(2)78)70-54-28-27-50(40-68-54)72-29-31-73(32-30-72)55(79)21-12-10-8-7-9-11-13-22-56(80)74-33-35-75(36-34-74)87(85,86)42-53(64(3,4)5)77-59(45-23-25-47(66)26-24-45)51(46-17-16-18-48(67)37-46)38-65(6,62(77)84)39-57(81)82/h16-18,23-28,37,40-41,49,51,53,59H,7-15,19-22,29-36,38-39,42H2,1-6H3,(H,81,82)(H,68,69,70,71)/t51-,53?,59-,65-/m1/s1. The number of carbonyl (C=O) groups is 5. The van der Waals surface area contributed by atoms with E-state index in [1.165, 1.54) is 11.2 Å². The van der Waals surface area contributed by atoms with Gasteiger partial charge in [0.15, 0.2) is 5.78 Å². The van der Waals surface area contributed by atoms with Crippen molar-refractivity contribution in [2.45, 2.75) is 162 Å². The number of nitrogens with zero attached hydrogens (tertiary/aromatic N) is 9. The Bertz CT molecular complexity index is 3490. The number of carbonyl (C=O) groups excluding carboxylic acids is 4. The van der Waals surface area contributed by atoms with Crippen LogP contribution in [0, 0.1) is 17.8 Å². The second kappa shape index (κ2) is 27.9. The molecule has 6 heterocycles. The Morgan fingerprint density at radius 3 is 1.94 bits per heavy atom. The van der Waals surface area contributed by atoms with Crippen molar-refractivity contribution in [2.75, 3.05) is 68.3 Å². The van der Waals surface area contributed by atoms with Crippen LogP contribution < -0.4 is 15.8 Å². The first-order chi connectivity index (χ1) is 41.4. The van der Waals surface area contributed by atoms with Crippen LogP contribution in [0.3, 0.4) is 0 Å². The fourth-order valence-electron chi connectivity index (χ4n) is 13.5. The highest BCUT2D eigenvalue weighted by Gasteiger charge is 2.55. The van der Waals surface area contributed by atoms with Gasteiger partial charge in [-0.2, -0.15) is 9.29 Å². The van der Waals surface area contributed by atoms with Crippen molar-refractivity contribution in [3.63, 3.8) is 0 Å². The van der Waals surface area contributed by atoms with E-state index in [9.17, 15) is 37.5 Å². The van der Waals surface area contributed by atoms with Crippen molar-refractivity contribution in [3.8, 4) is 0 Å². The third kappa shape index (κ3) is 15.3. The van der Waals surface area contributed by atoms with Gasteiger partial charge >= 0.3 is 5.97 Å². The van der Waals surface area contributed by atoms with Gasteiger partial charge < -0.3 is 30.0 Å². The van der Waals surface area contributed by atoms with Crippen LogP contribution in [0.4, 0.5) is 17.5 Å². The summed E-state index contributed by atoms with van der Waals surface area (Å²) < 4.78 is 32.4. The Balaban J connectivity index is 0.686. The third-order valence-corrected chi connectivity index (χ3v) is 20.7. The molecule has 0 spiro atoms. The predicted molar refractivity (Wildman–Crippen MR) is 339 cm³/mol. The zero-order valence-corrected chi connectivity index (χ0v) is 53.4. The summed E-state index contributed by atoms with van der Waals surface area (Å²) in [5.41, 5.74) is 1.35. The second-order valence-electron chi connectivity index (χ2n) is 25.6. The topological polar surface area (TPSA) is 229 Å². The van der Waals surface area contributed by atoms with Gasteiger partial charge in [-0.15, -0.1) is 0 Å². The molecule has 4 fully saturated rings. The van der Waals surface area contributed by atoms with Crippen LogP contribution in [0.2, 0.25) is 10.0 Å². The van der Waals surface area contributed by atoms with Gasteiger partial charge in [0.25, 0.3) is 5.56 Å². The smallest absolute Gasteiger partial charge is 0.304 e. The monoisotopic (exact) mass is 1250 g/mol. The zero-order valence-electron chi connectivity index (χ0n) is 51.1. The summed E-state index contributed by atoms with van der Waals surface area (Å²) in [5.74, 6) is -1.62. The number of aliphatic carboxylic acids is 1. The van der Waals surface area contributed by atoms with Gasteiger partial charge in [0.1, 0.15) is 11.5 Å². The molecule has 3 saturated heterocycles. The highest BCUT2D eigenvalue weighted by atomic mass is 35.5. The number of piperidine rings is 1. The minimum Gasteiger partial charge on any atom is -0.481 e. The number of halogens is 2. The molecule has 468 valence electrons. The number of aromatic nitrogens is 4. The highest BCUT2D eigenvalue weighted by molar-refractivity contribution is 7.89. The number of carboxylic acids is 1. The van der Waals surface area contributed by atoms with Gasteiger partial charge in [-0.3, -0.25) is 33.3 Å². The highest BCUT2D eigenvalue weighted by Crippen LogP contribution is 2.53. The number of amides is 3. The molecule has 1 saturated carbocycles. The molecule has 19 nitrogen and oxygen atoms in total. The first-order valence-corrected chi connectivity index (χ1v) is 33.3. The Hall–Kier alpha value is -6.48. The average Bonchev–Trinajstić information content (AvgIpc) is 1.28. The number of hydrogen-bond acceptors (Lipinski definition) is 13. The number of rotatable bonds is 23. The number of Topliss-reactive ketones (excluding diaryl/α,β-unsaturated/α-hetero) is 1. The molecule has 3 amide bonds. The van der Waals surface area contributed by atoms with Gasteiger partial charge in [-0.05, 0) is 104 Å². The maximum absolute atomic E-state index is 15.1. The van der Waals surface area contributed by atoms with E-state index in [1.54, 1.807) is 58.8 Å². The average molecular weight is 1250 g/mol. The van der Waals surface area contributed by atoms with E-state index < -0.39 is 62.9 Å². The van der Waals surface area contributed by atoms with Gasteiger partial charge in [0.2, 0.25) is 33.7 Å². The Morgan fingerprint density at radius 2 is 1.38 bits per heavy atom. The number of carboxylic acid groups (broad SMARTS) is 1. The molecule has 1 unspecified atom stereocenters. The summed E-state index contributed by atoms with van der Waals surface area (Å²) >= 11 is 12.9. The zero-order chi connectivity index (χ0) is 62.4. The lowest BCUT2D eigenvalue weighted by molar-refractivity contribution is -0.162. The molecule has 5 aromatic rings. The molecule has 1 aliphatic carbocycles. The number of benzene rings is 2. The third-order valence-electron chi connectivity index (χ3n) is 18.3. The molecule has 22 heteroatoms. The molecule has 3 aromatic heterocycles. The number of ketones is 1. The molecule has 2 N–H and O–H groups in total. The number of pyridine rings is 2. The number of likely N-dealkylation sites (tertiary alicyclic amines) is 1. The lowest BCUT2D eigenvalue weighted by atomic mass is 9.66. The molecular formula is C65H84Cl2N10O9S. The maximum Gasteiger partial charge on any atom is 0.304 e. The Labute approximate surface area is 521 Å². The number of anilines is 3. The van der Waals surface area contributed by atoms with E-state index in [1.807, 2.05) is 68.1 Å². The number of hydrogen-bond donors (Lipinski definition) is 2. The molecule has 0 radical (unpaired) electrons. The van der Waals surface area contributed by atoms with E-state index in [0.717, 1.165) is 87.4 Å². The van der Waals surface area contributed by atoms with Crippen LogP contribution >= 0.6 is 23.2 Å². The summed E-state index contributed by atoms with van der Waals surface area (Å²) in [6.45, 7) is 14.0. The number of sulfonamides is 1. The second-order valence-corrected chi connectivity index (χ2v) is 28.5. The van der Waals surface area contributed by atoms with Crippen LogP contribution in [-0.4, -0.2) is 146 Å². The molecule has 0 bridgehead atoms. The molecule has 4 atom stereocenters. The number of nitrogens with one attached hydrogen (secondary N) is 1. The van der Waals surface area contributed by atoms with E-state index in [0.29, 0.717) is 77.4 Å². The molecule has 87 heavy (non-hydrogen) atoms. The Kier molecular flexibility index (Phi) is 20.9. The minimum absolute atomic E-state index is 0.000115. The van der Waals surface area contributed by atoms with Crippen LogP contribution in [0.25, 0.3) is 11.0 Å². The van der Waals surface area contributed by atoms with E-state index >= 15 is 4.79 Å². The largest absolute Gasteiger partial charge is 0.481 e. The van der Waals surface area contributed by atoms with E-state index in [-0.39, 0.29) is 67.4 Å². The van der Waals surface area contributed by atoms with Gasteiger partial charge in [0.05, 0.1) is 47.1 Å². The summed E-state index contributed by atoms with van der Waals surface area (Å²) in [4.78, 5) is 102. The predicted octanol–water partition coefficient (Wildman–Crippen LogP) is 11.1. The first-order valence-electron chi connectivity index (χ1n) is 30.9. The summed E-state index contributed by atoms with van der Waals surface area (Å²) in [6, 6.07) is 16.7. The molecule has 9 rings (SSSR count). The number of unbranched alkanes of at least 4 members (excludes halogenated alkanes) is 6. The molecule has 4 aliphatic rings. The van der Waals surface area contributed by atoms with Crippen molar-refractivity contribution in [1.82, 2.24) is 38.5 Å². The number of aryl methyl sites for hydroxylation is 1. The Morgan fingerprint density at radius 1 is 0.770 bits per heavy atom. The van der Waals surface area contributed by atoms with E-state index in [2.05, 4.69) is 20.2 Å². The lowest BCUT2D eigenvalue weighted by Gasteiger charge is -2.54. The molecular weight excluding hydrogens is 1170 g/mol. The van der Waals surface area contributed by atoms with Crippen molar-refractivity contribution in [2.24, 2.45) is 10.8 Å². The normalized spacial score (nSPS) is 20.3. The number of fused-ring (bicyclic) bond motifs is 1. The van der Waals surface area contributed by atoms with E-state index in [4.69, 9.17) is 28.2 Å². The van der Waals surface area contributed by atoms with Gasteiger partial charge in [0, 0.05) is 98.8 Å². The van der Waals surface area contributed by atoms with Crippen LogP contribution in [0.15, 0.2) is 77.9 Å². The van der Waals surface area contributed by atoms with Crippen LogP contribution in [-0.2, 0) is 29.2 Å². The SMILES string of the molecule is CC(=O)c1c(C)c2cnc(Nc3ccc(N4CCN(C(=O)CCCCCCCCCC(=O)N5CCN(S(=O)(=O)CC(N6C(=O)[C@@](C)(CC(=O)O)C[C@H](c7cccc(Cl)c7)[C@H]6c6ccc(Cl)cc6)C(C)(C)C)CC5)CC4)cn3)nc2n(C2CCCC2)c1=O. The summed E-state index contributed by atoms with van der Waals surface area (Å²) in [6.07, 6.45) is 14.3. The van der Waals surface area contributed by atoms with Crippen LogP contribution in [0.1, 0.15) is 176 Å². The molecule has 2 aromatic carbocycles. The van der Waals surface area contributed by atoms with Crippen molar-refractivity contribution >= 4 is 91.2 Å². The first kappa shape index (κ1) is 65.0. The van der Waals surface area contributed by atoms with Crippen LogP contribution in [0.5, 0.6) is 0 Å². The van der Waals surface area contributed by atoms with Gasteiger partial charge in [-0.25, -0.2) is 18.4 Å². The fourth-order valence-corrected chi connectivity index (χ4v) is 15.8. The van der Waals surface area contributed by atoms with Gasteiger partial charge in [-0.1, -0.05) is 120 Å². The quantitative estimate of drug-likeness (QED) is 0.0458. The lowest BCUT2D eigenvalue weighted by Crippen LogP contribution is -2.61. The number of piperazine rings is 2. The van der Waals surface area contributed by atoms with Crippen molar-refractivity contribution < 1.29 is 37.5 Å². The summed E-state index contributed by atoms with van der Waals surface area (Å²) in [7, 11) is -4.02. The van der Waals surface area contributed by atoms with Crippen molar-refractivity contribution in [3.05, 3.63) is 116 Å². The fraction of sp³-hybridized carbons (Fsp3) is 0.554. The van der Waals surface area contributed by atoms with Crippen molar-refractivity contribution in [1.29, 1.82) is 0 Å². The molecule has 3 aliphatic heterocycles.